The molecule has 2 aromatic rings. The third kappa shape index (κ3) is 4.47. The lowest BCUT2D eigenvalue weighted by molar-refractivity contribution is -0.384. The van der Waals surface area contributed by atoms with Gasteiger partial charge in [-0.1, -0.05) is 31.0 Å². The van der Waals surface area contributed by atoms with Gasteiger partial charge in [-0.3, -0.25) is 19.8 Å². The molecule has 4 rings (SSSR count). The summed E-state index contributed by atoms with van der Waals surface area (Å²) in [5.74, 6) is 0.585. The lowest BCUT2D eigenvalue weighted by Crippen LogP contribution is -2.56. The Balaban J connectivity index is 1.57. The fourth-order valence-electron chi connectivity index (χ4n) is 5.30. The summed E-state index contributed by atoms with van der Waals surface area (Å²) in [6.45, 7) is 0.760. The number of nitrogens with zero attached hydrogens (tertiary/aromatic N) is 2. The quantitative estimate of drug-likeness (QED) is 0.522. The van der Waals surface area contributed by atoms with E-state index < -0.39 is 10.5 Å². The number of aliphatic hydroxyl groups is 1. The van der Waals surface area contributed by atoms with Crippen molar-refractivity contribution in [2.75, 3.05) is 25.5 Å². The van der Waals surface area contributed by atoms with Crippen molar-refractivity contribution in [3.8, 4) is 5.75 Å². The molecule has 0 spiro atoms. The molecule has 3 atom stereocenters. The minimum atomic E-state index is -0.727. The maximum Gasteiger partial charge on any atom is 0.269 e. The molecule has 0 aromatic heterocycles. The summed E-state index contributed by atoms with van der Waals surface area (Å²) in [4.78, 5) is 25.4. The van der Waals surface area contributed by atoms with E-state index in [1.165, 1.54) is 24.3 Å². The van der Waals surface area contributed by atoms with Gasteiger partial charge < -0.3 is 15.2 Å². The molecule has 2 aliphatic rings. The zero-order valence-corrected chi connectivity index (χ0v) is 18.2. The molecular formula is C24H29N3O5. The number of para-hydroxylation sites is 1. The van der Waals surface area contributed by atoms with Gasteiger partial charge in [0.15, 0.2) is 0 Å². The smallest absolute Gasteiger partial charge is 0.269 e. The van der Waals surface area contributed by atoms with Crippen LogP contribution in [0.3, 0.4) is 0 Å². The molecule has 1 amide bonds. The first-order valence-electron chi connectivity index (χ1n) is 11.0. The summed E-state index contributed by atoms with van der Waals surface area (Å²) < 4.78 is 5.63. The maximum absolute atomic E-state index is 12.9. The number of nitro benzene ring substituents is 1. The van der Waals surface area contributed by atoms with Gasteiger partial charge in [0.2, 0.25) is 5.91 Å². The molecule has 1 saturated carbocycles. The molecule has 0 radical (unpaired) electrons. The highest BCUT2D eigenvalue weighted by molar-refractivity contribution is 5.92. The number of rotatable bonds is 6. The lowest BCUT2D eigenvalue weighted by atomic mass is 9.66. The van der Waals surface area contributed by atoms with Gasteiger partial charge in [0.25, 0.3) is 5.69 Å². The Kier molecular flexibility index (Phi) is 6.43. The summed E-state index contributed by atoms with van der Waals surface area (Å²) in [5, 5.41) is 25.1. The van der Waals surface area contributed by atoms with E-state index in [1.807, 2.05) is 24.3 Å². The average Bonchev–Trinajstić information content (AvgIpc) is 2.79. The Morgan fingerprint density at radius 2 is 1.97 bits per heavy atom. The number of piperidine rings is 1. The highest BCUT2D eigenvalue weighted by Crippen LogP contribution is 2.50. The standard InChI is InChI=1S/C24H29N3O5/c1-32-21-8-3-2-6-19(21)23-20-7-4-5-13-24(20,29)14-15-26(23)16-22(28)25-17-9-11-18(12-10-17)27(30)31/h2-3,6,8-12,20,23,29H,4-5,7,13-16H2,1H3,(H,25,28)/t20-,23+,24+/m1/s1. The number of likely N-dealkylation sites (tertiary alicyclic amines) is 1. The molecule has 8 heteroatoms. The third-order valence-electron chi connectivity index (χ3n) is 6.84. The minimum Gasteiger partial charge on any atom is -0.496 e. The molecule has 1 heterocycles. The normalized spacial score (nSPS) is 25.6. The van der Waals surface area contributed by atoms with Gasteiger partial charge in [-0.25, -0.2) is 0 Å². The largest absolute Gasteiger partial charge is 0.496 e. The number of non-ortho nitro benzene ring substituents is 1. The summed E-state index contributed by atoms with van der Waals surface area (Å²) in [6, 6.07) is 13.5. The van der Waals surface area contributed by atoms with Gasteiger partial charge >= 0.3 is 0 Å². The van der Waals surface area contributed by atoms with Crippen LogP contribution in [0.15, 0.2) is 48.5 Å². The molecule has 2 fully saturated rings. The van der Waals surface area contributed by atoms with Gasteiger partial charge in [-0.2, -0.15) is 0 Å². The molecule has 1 aliphatic heterocycles. The maximum atomic E-state index is 12.9. The predicted molar refractivity (Wildman–Crippen MR) is 121 cm³/mol. The number of anilines is 1. The number of methoxy groups -OCH3 is 1. The van der Waals surface area contributed by atoms with Gasteiger partial charge in [0.1, 0.15) is 5.75 Å². The molecule has 1 aliphatic carbocycles. The number of fused-ring (bicyclic) bond motifs is 1. The first kappa shape index (κ1) is 22.2. The monoisotopic (exact) mass is 439 g/mol. The van der Waals surface area contributed by atoms with Crippen LogP contribution >= 0.6 is 0 Å². The van der Waals surface area contributed by atoms with Crippen LogP contribution in [0.5, 0.6) is 5.75 Å². The van der Waals surface area contributed by atoms with E-state index in [9.17, 15) is 20.0 Å². The predicted octanol–water partition coefficient (Wildman–Crippen LogP) is 3.91. The summed E-state index contributed by atoms with van der Waals surface area (Å²) in [6.07, 6.45) is 4.40. The van der Waals surface area contributed by atoms with Gasteiger partial charge in [0.05, 0.1) is 24.2 Å². The van der Waals surface area contributed by atoms with Crippen LogP contribution in [0.2, 0.25) is 0 Å². The van der Waals surface area contributed by atoms with Crippen molar-refractivity contribution in [3.05, 3.63) is 64.2 Å². The van der Waals surface area contributed by atoms with Crippen LogP contribution < -0.4 is 10.1 Å². The zero-order valence-electron chi connectivity index (χ0n) is 18.2. The van der Waals surface area contributed by atoms with E-state index in [4.69, 9.17) is 4.74 Å². The summed E-state index contributed by atoms with van der Waals surface area (Å²) in [5.41, 5.74) is 0.755. The van der Waals surface area contributed by atoms with Crippen molar-refractivity contribution in [2.45, 2.75) is 43.7 Å². The Labute approximate surface area is 187 Å². The number of nitro groups is 1. The molecule has 2 aromatic carbocycles. The van der Waals surface area contributed by atoms with Crippen LogP contribution in [0, 0.1) is 16.0 Å². The van der Waals surface area contributed by atoms with Crippen molar-refractivity contribution in [1.82, 2.24) is 4.90 Å². The number of benzene rings is 2. The Hall–Kier alpha value is -2.97. The second-order valence-corrected chi connectivity index (χ2v) is 8.72. The summed E-state index contributed by atoms with van der Waals surface area (Å²) >= 11 is 0. The van der Waals surface area contributed by atoms with E-state index in [2.05, 4.69) is 10.2 Å². The van der Waals surface area contributed by atoms with Crippen LogP contribution in [-0.4, -0.2) is 46.6 Å². The fraction of sp³-hybridized carbons (Fsp3) is 0.458. The van der Waals surface area contributed by atoms with Crippen molar-refractivity contribution in [2.24, 2.45) is 5.92 Å². The topological polar surface area (TPSA) is 105 Å². The van der Waals surface area contributed by atoms with E-state index in [-0.39, 0.29) is 30.1 Å². The SMILES string of the molecule is COc1ccccc1[C@H]1[C@H]2CCCC[C@]2(O)CCN1CC(=O)Nc1ccc([N+](=O)[O-])cc1. The molecule has 0 unspecified atom stereocenters. The number of amides is 1. The highest BCUT2D eigenvalue weighted by atomic mass is 16.6. The fourth-order valence-corrected chi connectivity index (χ4v) is 5.30. The first-order chi connectivity index (χ1) is 15.4. The van der Waals surface area contributed by atoms with Crippen molar-refractivity contribution in [1.29, 1.82) is 0 Å². The number of carbonyl (C=O) groups excluding carboxylic acids is 1. The molecule has 170 valence electrons. The van der Waals surface area contributed by atoms with Crippen LogP contribution in [-0.2, 0) is 4.79 Å². The average molecular weight is 440 g/mol. The number of hydrogen-bond acceptors (Lipinski definition) is 6. The molecule has 8 nitrogen and oxygen atoms in total. The van der Waals surface area contributed by atoms with Gasteiger partial charge in [-0.05, 0) is 37.5 Å². The first-order valence-corrected chi connectivity index (χ1v) is 11.0. The van der Waals surface area contributed by atoms with Crippen LogP contribution in [0.25, 0.3) is 0 Å². The van der Waals surface area contributed by atoms with Gasteiger partial charge in [-0.15, -0.1) is 0 Å². The lowest BCUT2D eigenvalue weighted by Gasteiger charge is -2.52. The summed E-state index contributed by atoms with van der Waals surface area (Å²) in [7, 11) is 1.64. The number of ether oxygens (including phenoxy) is 1. The van der Waals surface area contributed by atoms with Gasteiger partial charge in [0, 0.05) is 41.9 Å². The molecule has 32 heavy (non-hydrogen) atoms. The number of carbonyl (C=O) groups is 1. The van der Waals surface area contributed by atoms with Crippen LogP contribution in [0.4, 0.5) is 11.4 Å². The minimum absolute atomic E-state index is 0.0214. The molecule has 1 saturated heterocycles. The molecule has 0 bridgehead atoms. The van der Waals surface area contributed by atoms with Crippen molar-refractivity contribution < 1.29 is 19.6 Å². The van der Waals surface area contributed by atoms with Crippen molar-refractivity contribution >= 4 is 17.3 Å². The van der Waals surface area contributed by atoms with E-state index in [1.54, 1.807) is 7.11 Å². The second-order valence-electron chi connectivity index (χ2n) is 8.72. The number of nitrogens with one attached hydrogen (secondary N) is 1. The number of hydrogen-bond donors (Lipinski definition) is 2. The third-order valence-corrected chi connectivity index (χ3v) is 6.84. The Bertz CT molecular complexity index is 980. The molecular weight excluding hydrogens is 410 g/mol. The molecule has 2 N–H and O–H groups in total. The van der Waals surface area contributed by atoms with E-state index >= 15 is 0 Å². The second kappa shape index (κ2) is 9.26. The Morgan fingerprint density at radius 1 is 1.22 bits per heavy atom. The van der Waals surface area contributed by atoms with E-state index in [0.717, 1.165) is 37.0 Å². The van der Waals surface area contributed by atoms with Crippen LogP contribution in [0.1, 0.15) is 43.7 Å². The highest BCUT2D eigenvalue weighted by Gasteiger charge is 2.49. The van der Waals surface area contributed by atoms with Crippen molar-refractivity contribution in [3.63, 3.8) is 0 Å². The zero-order chi connectivity index (χ0) is 22.7. The van der Waals surface area contributed by atoms with E-state index in [0.29, 0.717) is 18.7 Å². The Morgan fingerprint density at radius 3 is 2.69 bits per heavy atom.